The summed E-state index contributed by atoms with van der Waals surface area (Å²) in [5, 5.41) is 0. The summed E-state index contributed by atoms with van der Waals surface area (Å²) in [6.07, 6.45) is 7.71. The lowest BCUT2D eigenvalue weighted by atomic mass is 9.87. The zero-order valence-corrected chi connectivity index (χ0v) is 12.2. The van der Waals surface area contributed by atoms with Gasteiger partial charge in [-0.1, -0.05) is 6.07 Å². The van der Waals surface area contributed by atoms with Gasteiger partial charge in [0, 0.05) is 12.4 Å². The quantitative estimate of drug-likeness (QED) is 0.811. The maximum Gasteiger partial charge on any atom is 0.308 e. The summed E-state index contributed by atoms with van der Waals surface area (Å²) < 4.78 is 12.7. The Morgan fingerprint density at radius 1 is 1.33 bits per heavy atom. The first-order valence-electron chi connectivity index (χ1n) is 7.38. The Balaban J connectivity index is 1.51. The molecule has 5 heteroatoms. The molecular weight excluding hydrogens is 268 g/mol. The molecule has 0 amide bonds. The Morgan fingerprint density at radius 2 is 2.14 bits per heavy atom. The normalized spacial score (nSPS) is 22.3. The van der Waals surface area contributed by atoms with E-state index in [1.165, 1.54) is 7.11 Å². The Labute approximate surface area is 123 Å². The number of pyridine rings is 1. The van der Waals surface area contributed by atoms with Crippen LogP contribution in [0.2, 0.25) is 0 Å². The summed E-state index contributed by atoms with van der Waals surface area (Å²) in [6.45, 7) is 0.523. The number of fused-ring (bicyclic) bond motifs is 1. The molecule has 2 heterocycles. The molecule has 3 rings (SSSR count). The van der Waals surface area contributed by atoms with Crippen molar-refractivity contribution in [2.24, 2.45) is 5.92 Å². The van der Waals surface area contributed by atoms with E-state index in [0.717, 1.165) is 37.0 Å². The topological polar surface area (TPSA) is 52.8 Å². The Hall–Kier alpha value is -1.88. The van der Waals surface area contributed by atoms with Crippen molar-refractivity contribution in [3.05, 3.63) is 36.3 Å². The predicted molar refractivity (Wildman–Crippen MR) is 77.7 cm³/mol. The fraction of sp³-hybridized carbons (Fsp3) is 0.500. The second-order valence-electron chi connectivity index (χ2n) is 5.51. The van der Waals surface area contributed by atoms with Crippen LogP contribution in [0.4, 0.5) is 0 Å². The summed E-state index contributed by atoms with van der Waals surface area (Å²) in [5.41, 5.74) is 1.88. The molecule has 1 aliphatic carbocycles. The SMILES string of the molecule is COC(=O)C1CCC(OCc2cn3ccccc3n2)CC1. The van der Waals surface area contributed by atoms with Gasteiger partial charge < -0.3 is 13.9 Å². The minimum Gasteiger partial charge on any atom is -0.469 e. The van der Waals surface area contributed by atoms with Crippen molar-refractivity contribution < 1.29 is 14.3 Å². The zero-order valence-electron chi connectivity index (χ0n) is 12.2. The van der Waals surface area contributed by atoms with Crippen molar-refractivity contribution in [1.29, 1.82) is 0 Å². The Kier molecular flexibility index (Phi) is 4.20. The van der Waals surface area contributed by atoms with Gasteiger partial charge in [-0.2, -0.15) is 0 Å². The van der Waals surface area contributed by atoms with Gasteiger partial charge in [0.1, 0.15) is 5.65 Å². The molecule has 1 aliphatic rings. The van der Waals surface area contributed by atoms with Crippen LogP contribution in [0, 0.1) is 5.92 Å². The minimum atomic E-state index is -0.0891. The van der Waals surface area contributed by atoms with Crippen LogP contribution in [0.3, 0.4) is 0 Å². The van der Waals surface area contributed by atoms with Gasteiger partial charge in [-0.15, -0.1) is 0 Å². The number of rotatable bonds is 4. The molecule has 112 valence electrons. The van der Waals surface area contributed by atoms with Crippen molar-refractivity contribution in [1.82, 2.24) is 9.38 Å². The van der Waals surface area contributed by atoms with Crippen LogP contribution in [0.15, 0.2) is 30.6 Å². The largest absolute Gasteiger partial charge is 0.469 e. The second-order valence-corrected chi connectivity index (χ2v) is 5.51. The van der Waals surface area contributed by atoms with Crippen molar-refractivity contribution in [3.63, 3.8) is 0 Å². The number of carbonyl (C=O) groups excluding carboxylic acids is 1. The average molecular weight is 288 g/mol. The molecule has 1 saturated carbocycles. The molecule has 21 heavy (non-hydrogen) atoms. The lowest BCUT2D eigenvalue weighted by Crippen LogP contribution is -2.26. The van der Waals surface area contributed by atoms with Crippen LogP contribution < -0.4 is 0 Å². The number of aromatic nitrogens is 2. The Bertz CT molecular complexity index is 582. The molecule has 0 N–H and O–H groups in total. The number of hydrogen-bond acceptors (Lipinski definition) is 4. The number of nitrogens with zero attached hydrogens (tertiary/aromatic N) is 2. The first-order valence-corrected chi connectivity index (χ1v) is 7.38. The molecule has 0 aromatic carbocycles. The van der Waals surface area contributed by atoms with E-state index in [0.29, 0.717) is 6.61 Å². The van der Waals surface area contributed by atoms with Gasteiger partial charge in [0.05, 0.1) is 31.4 Å². The number of hydrogen-bond donors (Lipinski definition) is 0. The van der Waals surface area contributed by atoms with Crippen molar-refractivity contribution in [2.75, 3.05) is 7.11 Å². The molecule has 2 aromatic heterocycles. The van der Waals surface area contributed by atoms with E-state index >= 15 is 0 Å². The predicted octanol–water partition coefficient (Wildman–Crippen LogP) is 2.58. The van der Waals surface area contributed by atoms with E-state index in [4.69, 9.17) is 9.47 Å². The highest BCUT2D eigenvalue weighted by Gasteiger charge is 2.27. The fourth-order valence-corrected chi connectivity index (χ4v) is 2.89. The summed E-state index contributed by atoms with van der Waals surface area (Å²) >= 11 is 0. The first kappa shape index (κ1) is 14.1. The molecule has 0 spiro atoms. The maximum atomic E-state index is 11.5. The van der Waals surface area contributed by atoms with E-state index < -0.39 is 0 Å². The van der Waals surface area contributed by atoms with Crippen LogP contribution in [-0.4, -0.2) is 28.6 Å². The smallest absolute Gasteiger partial charge is 0.308 e. The standard InChI is InChI=1S/C16H20N2O3/c1-20-16(19)12-5-7-14(8-6-12)21-11-13-10-18-9-3-2-4-15(18)17-13/h2-4,9-10,12,14H,5-8,11H2,1H3. The van der Waals surface area contributed by atoms with E-state index in [1.807, 2.05) is 35.0 Å². The molecule has 0 saturated heterocycles. The first-order chi connectivity index (χ1) is 10.3. The monoisotopic (exact) mass is 288 g/mol. The van der Waals surface area contributed by atoms with Crippen LogP contribution in [0.25, 0.3) is 5.65 Å². The van der Waals surface area contributed by atoms with E-state index in [2.05, 4.69) is 4.98 Å². The summed E-state index contributed by atoms with van der Waals surface area (Å²) in [4.78, 5) is 16.0. The third-order valence-corrected chi connectivity index (χ3v) is 4.09. The van der Waals surface area contributed by atoms with Crippen LogP contribution >= 0.6 is 0 Å². The lowest BCUT2D eigenvalue weighted by Gasteiger charge is -2.26. The molecule has 5 nitrogen and oxygen atoms in total. The van der Waals surface area contributed by atoms with E-state index in [-0.39, 0.29) is 18.0 Å². The van der Waals surface area contributed by atoms with E-state index in [1.54, 1.807) is 0 Å². The van der Waals surface area contributed by atoms with Crippen molar-refractivity contribution in [3.8, 4) is 0 Å². The van der Waals surface area contributed by atoms with E-state index in [9.17, 15) is 4.79 Å². The van der Waals surface area contributed by atoms with Gasteiger partial charge >= 0.3 is 5.97 Å². The number of carbonyl (C=O) groups is 1. The van der Waals surface area contributed by atoms with Gasteiger partial charge in [-0.25, -0.2) is 4.98 Å². The molecule has 2 aromatic rings. The molecule has 0 unspecified atom stereocenters. The van der Waals surface area contributed by atoms with Gasteiger partial charge in [0.2, 0.25) is 0 Å². The highest BCUT2D eigenvalue weighted by Crippen LogP contribution is 2.27. The molecule has 0 aliphatic heterocycles. The van der Waals surface area contributed by atoms with Gasteiger partial charge in [-0.05, 0) is 37.8 Å². The summed E-state index contributed by atoms with van der Waals surface area (Å²) in [6, 6.07) is 5.93. The van der Waals surface area contributed by atoms with Crippen molar-refractivity contribution >= 4 is 11.6 Å². The number of methoxy groups -OCH3 is 1. The number of esters is 1. The molecule has 1 fully saturated rings. The highest BCUT2D eigenvalue weighted by molar-refractivity contribution is 5.72. The van der Waals surface area contributed by atoms with Crippen LogP contribution in [0.5, 0.6) is 0 Å². The maximum absolute atomic E-state index is 11.5. The number of imidazole rings is 1. The molecular formula is C16H20N2O3. The van der Waals surface area contributed by atoms with Crippen molar-refractivity contribution in [2.45, 2.75) is 38.4 Å². The third kappa shape index (κ3) is 3.24. The second kappa shape index (κ2) is 6.26. The third-order valence-electron chi connectivity index (χ3n) is 4.09. The number of ether oxygens (including phenoxy) is 2. The molecule has 0 radical (unpaired) electrons. The van der Waals surface area contributed by atoms with Gasteiger partial charge in [-0.3, -0.25) is 4.79 Å². The summed E-state index contributed by atoms with van der Waals surface area (Å²) in [7, 11) is 1.45. The summed E-state index contributed by atoms with van der Waals surface area (Å²) in [5.74, 6) is -0.0427. The highest BCUT2D eigenvalue weighted by atomic mass is 16.5. The van der Waals surface area contributed by atoms with Crippen LogP contribution in [-0.2, 0) is 20.9 Å². The van der Waals surface area contributed by atoms with Gasteiger partial charge in [0.25, 0.3) is 0 Å². The van der Waals surface area contributed by atoms with Gasteiger partial charge in [0.15, 0.2) is 0 Å². The fourth-order valence-electron chi connectivity index (χ4n) is 2.89. The van der Waals surface area contributed by atoms with Crippen LogP contribution in [0.1, 0.15) is 31.4 Å². The molecule has 0 atom stereocenters. The minimum absolute atomic E-state index is 0.0463. The Morgan fingerprint density at radius 3 is 2.86 bits per heavy atom. The zero-order chi connectivity index (χ0) is 14.7. The average Bonchev–Trinajstić information content (AvgIpc) is 2.95. The lowest BCUT2D eigenvalue weighted by molar-refractivity contribution is -0.147. The molecule has 0 bridgehead atoms.